The standard InChI is InChI=1S/C24H28F2N2O5S/c1-27(11-4-14-33-19-5-3-6-20(16-19)34(2,31)32)23(29)17-9-12-28(13-10-17)24(30)21-8-7-18(25)15-22(21)26/h3,5-8,15-17H,4,9-14H2,1-2H3. The summed E-state index contributed by atoms with van der Waals surface area (Å²) >= 11 is 0. The number of hydrogen-bond acceptors (Lipinski definition) is 5. The second-order valence-corrected chi connectivity index (χ2v) is 10.4. The smallest absolute Gasteiger partial charge is 0.256 e. The molecule has 2 aromatic rings. The minimum atomic E-state index is -3.31. The van der Waals surface area contributed by atoms with Gasteiger partial charge in [-0.1, -0.05) is 6.07 Å². The first-order chi connectivity index (χ1) is 16.1. The van der Waals surface area contributed by atoms with Crippen LogP contribution in [0.5, 0.6) is 5.75 Å². The highest BCUT2D eigenvalue weighted by molar-refractivity contribution is 7.90. The topological polar surface area (TPSA) is 84.0 Å². The lowest BCUT2D eigenvalue weighted by molar-refractivity contribution is -0.135. The molecule has 1 aliphatic rings. The van der Waals surface area contributed by atoms with Crippen LogP contribution in [0.15, 0.2) is 47.4 Å². The number of likely N-dealkylation sites (tertiary alicyclic amines) is 1. The van der Waals surface area contributed by atoms with E-state index in [4.69, 9.17) is 4.74 Å². The number of benzene rings is 2. The van der Waals surface area contributed by atoms with Gasteiger partial charge in [0.25, 0.3) is 5.91 Å². The minimum absolute atomic E-state index is 0.0286. The summed E-state index contributed by atoms with van der Waals surface area (Å²) in [4.78, 5) is 28.6. The highest BCUT2D eigenvalue weighted by Gasteiger charge is 2.30. The molecule has 0 unspecified atom stereocenters. The molecule has 1 fully saturated rings. The second kappa shape index (κ2) is 10.9. The minimum Gasteiger partial charge on any atom is -0.493 e. The third-order valence-electron chi connectivity index (χ3n) is 5.81. The van der Waals surface area contributed by atoms with Gasteiger partial charge in [0.2, 0.25) is 5.91 Å². The number of rotatable bonds is 8. The molecule has 10 heteroatoms. The Morgan fingerprint density at radius 3 is 2.47 bits per heavy atom. The van der Waals surface area contributed by atoms with Gasteiger partial charge in [-0.3, -0.25) is 9.59 Å². The van der Waals surface area contributed by atoms with Gasteiger partial charge in [-0.2, -0.15) is 0 Å². The van der Waals surface area contributed by atoms with Crippen molar-refractivity contribution in [3.8, 4) is 5.75 Å². The summed E-state index contributed by atoms with van der Waals surface area (Å²) in [6, 6.07) is 9.13. The van der Waals surface area contributed by atoms with E-state index in [1.54, 1.807) is 24.1 Å². The lowest BCUT2D eigenvalue weighted by Crippen LogP contribution is -2.44. The molecule has 184 valence electrons. The van der Waals surface area contributed by atoms with Gasteiger partial charge in [-0.05, 0) is 49.6 Å². The van der Waals surface area contributed by atoms with E-state index < -0.39 is 27.4 Å². The van der Waals surface area contributed by atoms with Crippen LogP contribution in [0.1, 0.15) is 29.6 Å². The number of ether oxygens (including phenoxy) is 1. The van der Waals surface area contributed by atoms with Crippen molar-refractivity contribution in [2.24, 2.45) is 5.92 Å². The fourth-order valence-electron chi connectivity index (χ4n) is 3.87. The summed E-state index contributed by atoms with van der Waals surface area (Å²) in [6.07, 6.45) is 2.62. The number of nitrogens with zero attached hydrogens (tertiary/aromatic N) is 2. The molecular formula is C24H28F2N2O5S. The SMILES string of the molecule is CN(CCCOc1cccc(S(C)(=O)=O)c1)C(=O)C1CCN(C(=O)c2ccc(F)cc2F)CC1. The van der Waals surface area contributed by atoms with Crippen molar-refractivity contribution in [1.29, 1.82) is 0 Å². The van der Waals surface area contributed by atoms with Crippen LogP contribution < -0.4 is 4.74 Å². The van der Waals surface area contributed by atoms with Crippen molar-refractivity contribution < 1.29 is 31.5 Å². The van der Waals surface area contributed by atoms with Gasteiger partial charge >= 0.3 is 0 Å². The Morgan fingerprint density at radius 1 is 1.12 bits per heavy atom. The monoisotopic (exact) mass is 494 g/mol. The molecule has 0 aromatic heterocycles. The Labute approximate surface area is 198 Å². The fraction of sp³-hybridized carbons (Fsp3) is 0.417. The fourth-order valence-corrected chi connectivity index (χ4v) is 4.53. The normalized spacial score (nSPS) is 14.6. The third-order valence-corrected chi connectivity index (χ3v) is 6.92. The molecule has 0 saturated carbocycles. The zero-order chi connectivity index (χ0) is 24.9. The molecule has 2 aromatic carbocycles. The van der Waals surface area contributed by atoms with Gasteiger partial charge in [0.05, 0.1) is 17.1 Å². The van der Waals surface area contributed by atoms with Gasteiger partial charge in [0.15, 0.2) is 9.84 Å². The number of halogens is 2. The van der Waals surface area contributed by atoms with Gasteiger partial charge < -0.3 is 14.5 Å². The van der Waals surface area contributed by atoms with E-state index in [2.05, 4.69) is 0 Å². The largest absolute Gasteiger partial charge is 0.493 e. The Balaban J connectivity index is 1.43. The first kappa shape index (κ1) is 25.6. The van der Waals surface area contributed by atoms with Crippen LogP contribution in [-0.4, -0.2) is 69.6 Å². The number of carbonyl (C=O) groups excluding carboxylic acids is 2. The Morgan fingerprint density at radius 2 is 1.82 bits per heavy atom. The van der Waals surface area contributed by atoms with E-state index >= 15 is 0 Å². The van der Waals surface area contributed by atoms with Crippen LogP contribution in [-0.2, 0) is 14.6 Å². The maximum absolute atomic E-state index is 13.9. The molecule has 3 rings (SSSR count). The summed E-state index contributed by atoms with van der Waals surface area (Å²) in [5, 5.41) is 0. The van der Waals surface area contributed by atoms with Gasteiger partial charge in [-0.25, -0.2) is 17.2 Å². The van der Waals surface area contributed by atoms with E-state index in [-0.39, 0.29) is 22.3 Å². The number of amides is 2. The number of sulfone groups is 1. The van der Waals surface area contributed by atoms with Gasteiger partial charge in [-0.15, -0.1) is 0 Å². The van der Waals surface area contributed by atoms with Crippen molar-refractivity contribution in [2.75, 3.05) is 39.5 Å². The molecule has 7 nitrogen and oxygen atoms in total. The summed E-state index contributed by atoms with van der Waals surface area (Å²) in [6.45, 7) is 1.42. The Bertz CT molecular complexity index is 1150. The highest BCUT2D eigenvalue weighted by atomic mass is 32.2. The number of hydrogen-bond donors (Lipinski definition) is 0. The molecule has 2 amide bonds. The molecule has 1 aliphatic heterocycles. The average molecular weight is 495 g/mol. The van der Waals surface area contributed by atoms with Crippen molar-refractivity contribution >= 4 is 21.7 Å². The predicted molar refractivity (Wildman–Crippen MR) is 122 cm³/mol. The van der Waals surface area contributed by atoms with Crippen molar-refractivity contribution in [1.82, 2.24) is 9.80 Å². The third kappa shape index (κ3) is 6.53. The van der Waals surface area contributed by atoms with Crippen LogP contribution in [0.2, 0.25) is 0 Å². The zero-order valence-corrected chi connectivity index (χ0v) is 20.0. The molecule has 0 N–H and O–H groups in total. The molecule has 0 aliphatic carbocycles. The predicted octanol–water partition coefficient (Wildman–Crippen LogP) is 3.15. The van der Waals surface area contributed by atoms with Crippen LogP contribution in [0.25, 0.3) is 0 Å². The van der Waals surface area contributed by atoms with E-state index in [9.17, 15) is 26.8 Å². The molecule has 0 spiro atoms. The van der Waals surface area contributed by atoms with Crippen molar-refractivity contribution in [2.45, 2.75) is 24.2 Å². The van der Waals surface area contributed by atoms with E-state index in [0.717, 1.165) is 18.4 Å². The average Bonchev–Trinajstić information content (AvgIpc) is 2.80. The zero-order valence-electron chi connectivity index (χ0n) is 19.2. The Kier molecular flexibility index (Phi) is 8.24. The Hall–Kier alpha value is -3.01. The van der Waals surface area contributed by atoms with Crippen molar-refractivity contribution in [3.63, 3.8) is 0 Å². The van der Waals surface area contributed by atoms with E-state index in [0.29, 0.717) is 57.3 Å². The molecule has 0 radical (unpaired) electrons. The highest BCUT2D eigenvalue weighted by Crippen LogP contribution is 2.22. The van der Waals surface area contributed by atoms with E-state index in [1.807, 2.05) is 0 Å². The van der Waals surface area contributed by atoms with Crippen LogP contribution in [0, 0.1) is 17.6 Å². The summed E-state index contributed by atoms with van der Waals surface area (Å²) in [5.41, 5.74) is -0.176. The van der Waals surface area contributed by atoms with Crippen LogP contribution in [0.3, 0.4) is 0 Å². The van der Waals surface area contributed by atoms with Gasteiger partial charge in [0.1, 0.15) is 17.4 Å². The molecule has 1 saturated heterocycles. The first-order valence-electron chi connectivity index (χ1n) is 11.0. The quantitative estimate of drug-likeness (QED) is 0.527. The molecule has 0 bridgehead atoms. The maximum Gasteiger partial charge on any atom is 0.256 e. The summed E-state index contributed by atoms with van der Waals surface area (Å²) in [5.74, 6) is -1.96. The molecule has 34 heavy (non-hydrogen) atoms. The van der Waals surface area contributed by atoms with Crippen LogP contribution >= 0.6 is 0 Å². The molecule has 0 atom stereocenters. The molecule has 1 heterocycles. The maximum atomic E-state index is 13.9. The lowest BCUT2D eigenvalue weighted by Gasteiger charge is -2.33. The number of carbonyl (C=O) groups is 2. The number of piperidine rings is 1. The van der Waals surface area contributed by atoms with Crippen molar-refractivity contribution in [3.05, 3.63) is 59.7 Å². The summed E-state index contributed by atoms with van der Waals surface area (Å²) < 4.78 is 55.9. The van der Waals surface area contributed by atoms with Gasteiger partial charge in [0, 0.05) is 44.9 Å². The second-order valence-electron chi connectivity index (χ2n) is 8.40. The van der Waals surface area contributed by atoms with Crippen LogP contribution in [0.4, 0.5) is 8.78 Å². The summed E-state index contributed by atoms with van der Waals surface area (Å²) in [7, 11) is -1.61. The molecular weight excluding hydrogens is 466 g/mol. The lowest BCUT2D eigenvalue weighted by atomic mass is 9.94. The first-order valence-corrected chi connectivity index (χ1v) is 12.9. The van der Waals surface area contributed by atoms with E-state index in [1.165, 1.54) is 17.0 Å².